The van der Waals surface area contributed by atoms with Crippen LogP contribution in [0.15, 0.2) is 108 Å². The molecular formula is C35H29IN4O3. The highest BCUT2D eigenvalue weighted by Crippen LogP contribution is 2.35. The Morgan fingerprint density at radius 3 is 2.47 bits per heavy atom. The molecule has 1 N–H and O–H groups in total. The molecule has 0 spiro atoms. The summed E-state index contributed by atoms with van der Waals surface area (Å²) in [6.07, 6.45) is 1.57. The number of benzene rings is 4. The smallest absolute Gasteiger partial charge is 0.271 e. The fourth-order valence-electron chi connectivity index (χ4n) is 4.68. The Kier molecular flexibility index (Phi) is 9.54. The van der Waals surface area contributed by atoms with E-state index in [4.69, 9.17) is 9.47 Å². The molecule has 1 heterocycles. The van der Waals surface area contributed by atoms with E-state index < -0.39 is 0 Å². The van der Waals surface area contributed by atoms with Crippen LogP contribution in [0.5, 0.6) is 11.5 Å². The monoisotopic (exact) mass is 680 g/mol. The third-order valence-corrected chi connectivity index (χ3v) is 7.56. The van der Waals surface area contributed by atoms with Crippen LogP contribution in [-0.2, 0) is 6.61 Å². The number of rotatable bonds is 10. The average Bonchev–Trinajstić information content (AvgIpc) is 3.42. The molecule has 0 atom stereocenters. The third kappa shape index (κ3) is 6.96. The Morgan fingerprint density at radius 1 is 0.977 bits per heavy atom. The van der Waals surface area contributed by atoms with Gasteiger partial charge in [-0.25, -0.2) is 5.43 Å². The molecule has 1 amide bonds. The first-order chi connectivity index (χ1) is 21.0. The minimum absolute atomic E-state index is 0.236. The summed E-state index contributed by atoms with van der Waals surface area (Å²) in [5.41, 5.74) is 9.50. The SMILES string of the molecule is CCOc1cc(/C=N/NC(=O)c2ccc(-n3c(C)ccc3-c3ccccc3)cc2)cc(I)c1OCc1ccccc1C#N. The number of aryl methyl sites for hydroxylation is 1. The fraction of sp³-hybridized carbons (Fsp3) is 0.114. The van der Waals surface area contributed by atoms with Gasteiger partial charge in [0, 0.05) is 22.5 Å². The van der Waals surface area contributed by atoms with E-state index in [0.29, 0.717) is 29.2 Å². The molecule has 0 saturated heterocycles. The second-order valence-electron chi connectivity index (χ2n) is 9.63. The number of amides is 1. The molecule has 5 rings (SSSR count). The Bertz CT molecular complexity index is 1810. The quantitative estimate of drug-likeness (QED) is 0.0932. The van der Waals surface area contributed by atoms with Gasteiger partial charge in [0.15, 0.2) is 11.5 Å². The van der Waals surface area contributed by atoms with Crippen molar-refractivity contribution in [3.8, 4) is 34.5 Å². The minimum Gasteiger partial charge on any atom is -0.490 e. The highest BCUT2D eigenvalue weighted by molar-refractivity contribution is 14.1. The van der Waals surface area contributed by atoms with Crippen molar-refractivity contribution < 1.29 is 14.3 Å². The lowest BCUT2D eigenvalue weighted by molar-refractivity contribution is 0.0955. The number of carbonyl (C=O) groups excluding carboxylic acids is 1. The molecule has 214 valence electrons. The van der Waals surface area contributed by atoms with Crippen LogP contribution in [0.25, 0.3) is 16.9 Å². The first kappa shape index (κ1) is 29.6. The maximum absolute atomic E-state index is 12.8. The minimum atomic E-state index is -0.314. The second-order valence-corrected chi connectivity index (χ2v) is 10.8. The largest absolute Gasteiger partial charge is 0.490 e. The predicted octanol–water partition coefficient (Wildman–Crippen LogP) is 7.67. The number of carbonyl (C=O) groups is 1. The van der Waals surface area contributed by atoms with Crippen LogP contribution in [0.1, 0.15) is 39.7 Å². The molecule has 0 radical (unpaired) electrons. The molecule has 1 aromatic heterocycles. The van der Waals surface area contributed by atoms with Crippen molar-refractivity contribution in [3.05, 3.63) is 135 Å². The first-order valence-corrected chi connectivity index (χ1v) is 14.8. The number of hydrogen-bond acceptors (Lipinski definition) is 5. The lowest BCUT2D eigenvalue weighted by Crippen LogP contribution is -2.17. The molecule has 8 heteroatoms. The molecule has 4 aromatic carbocycles. The lowest BCUT2D eigenvalue weighted by atomic mass is 10.1. The van der Waals surface area contributed by atoms with Crippen molar-refractivity contribution in [2.45, 2.75) is 20.5 Å². The van der Waals surface area contributed by atoms with E-state index in [9.17, 15) is 10.1 Å². The summed E-state index contributed by atoms with van der Waals surface area (Å²) in [6, 6.07) is 35.1. The zero-order valence-electron chi connectivity index (χ0n) is 23.8. The maximum Gasteiger partial charge on any atom is 0.271 e. The van der Waals surface area contributed by atoms with Gasteiger partial charge >= 0.3 is 0 Å². The van der Waals surface area contributed by atoms with Crippen molar-refractivity contribution in [1.29, 1.82) is 5.26 Å². The summed E-state index contributed by atoms with van der Waals surface area (Å²) in [7, 11) is 0. The van der Waals surface area contributed by atoms with Crippen LogP contribution in [0, 0.1) is 21.8 Å². The molecule has 0 fully saturated rings. The lowest BCUT2D eigenvalue weighted by Gasteiger charge is -2.15. The maximum atomic E-state index is 12.8. The Morgan fingerprint density at radius 2 is 1.72 bits per heavy atom. The second kappa shape index (κ2) is 13.9. The Hall–Kier alpha value is -4.88. The van der Waals surface area contributed by atoms with Gasteiger partial charge < -0.3 is 14.0 Å². The van der Waals surface area contributed by atoms with E-state index in [2.05, 4.69) is 74.9 Å². The number of nitrogens with one attached hydrogen (secondary N) is 1. The summed E-state index contributed by atoms with van der Waals surface area (Å²) < 4.78 is 14.9. The number of ether oxygens (including phenoxy) is 2. The van der Waals surface area contributed by atoms with Crippen LogP contribution in [0.4, 0.5) is 0 Å². The van der Waals surface area contributed by atoms with E-state index in [1.54, 1.807) is 24.4 Å². The van der Waals surface area contributed by atoms with Crippen LogP contribution in [0.2, 0.25) is 0 Å². The standard InChI is InChI=1S/C35H29IN4O3/c1-3-42-33-20-25(19-31(36)34(33)43-23-29-12-8-7-11-28(29)21-37)22-38-39-35(41)27-14-16-30(17-15-27)40-24(2)13-18-32(40)26-9-5-4-6-10-26/h4-20,22H,3,23H2,1-2H3,(H,39,41)/b38-22+. The van der Waals surface area contributed by atoms with Crippen LogP contribution < -0.4 is 14.9 Å². The summed E-state index contributed by atoms with van der Waals surface area (Å²) in [6.45, 7) is 4.64. The van der Waals surface area contributed by atoms with Crippen molar-refractivity contribution in [2.75, 3.05) is 6.61 Å². The number of aromatic nitrogens is 1. The highest BCUT2D eigenvalue weighted by Gasteiger charge is 2.14. The van der Waals surface area contributed by atoms with Gasteiger partial charge in [0.2, 0.25) is 0 Å². The average molecular weight is 681 g/mol. The molecule has 0 aliphatic carbocycles. The Balaban J connectivity index is 1.27. The van der Waals surface area contributed by atoms with Gasteiger partial charge in [-0.1, -0.05) is 48.5 Å². The number of hydrazone groups is 1. The van der Waals surface area contributed by atoms with Gasteiger partial charge in [-0.05, 0) is 102 Å². The molecular weight excluding hydrogens is 651 g/mol. The molecule has 43 heavy (non-hydrogen) atoms. The number of halogens is 1. The van der Waals surface area contributed by atoms with Crippen LogP contribution in [0.3, 0.4) is 0 Å². The molecule has 0 aliphatic rings. The third-order valence-electron chi connectivity index (χ3n) is 6.75. The van der Waals surface area contributed by atoms with E-state index >= 15 is 0 Å². The summed E-state index contributed by atoms with van der Waals surface area (Å²) in [4.78, 5) is 12.8. The molecule has 5 aromatic rings. The normalized spacial score (nSPS) is 10.8. The van der Waals surface area contributed by atoms with Gasteiger partial charge in [0.05, 0.1) is 33.7 Å². The Labute approximate surface area is 264 Å². The topological polar surface area (TPSA) is 88.6 Å². The predicted molar refractivity (Wildman–Crippen MR) is 177 cm³/mol. The van der Waals surface area contributed by atoms with Crippen molar-refractivity contribution >= 4 is 34.7 Å². The van der Waals surface area contributed by atoms with E-state index in [0.717, 1.165) is 37.3 Å². The molecule has 0 unspecified atom stereocenters. The highest BCUT2D eigenvalue weighted by atomic mass is 127. The number of hydrogen-bond donors (Lipinski definition) is 1. The van der Waals surface area contributed by atoms with Gasteiger partial charge in [-0.2, -0.15) is 10.4 Å². The zero-order valence-corrected chi connectivity index (χ0v) is 25.9. The van der Waals surface area contributed by atoms with Crippen molar-refractivity contribution in [1.82, 2.24) is 9.99 Å². The van der Waals surface area contributed by atoms with E-state index in [-0.39, 0.29) is 12.5 Å². The van der Waals surface area contributed by atoms with E-state index in [1.807, 2.05) is 67.6 Å². The summed E-state index contributed by atoms with van der Waals surface area (Å²) in [5.74, 6) is 0.832. The summed E-state index contributed by atoms with van der Waals surface area (Å²) >= 11 is 2.18. The number of nitrogens with zero attached hydrogens (tertiary/aromatic N) is 3. The van der Waals surface area contributed by atoms with E-state index in [1.165, 1.54) is 0 Å². The van der Waals surface area contributed by atoms with Gasteiger partial charge in [0.1, 0.15) is 6.61 Å². The molecule has 0 saturated carbocycles. The van der Waals surface area contributed by atoms with Crippen molar-refractivity contribution in [3.63, 3.8) is 0 Å². The summed E-state index contributed by atoms with van der Waals surface area (Å²) in [5, 5.41) is 13.6. The first-order valence-electron chi connectivity index (χ1n) is 13.7. The van der Waals surface area contributed by atoms with Gasteiger partial charge in [0.25, 0.3) is 5.91 Å². The van der Waals surface area contributed by atoms with Gasteiger partial charge in [-0.15, -0.1) is 0 Å². The molecule has 0 aliphatic heterocycles. The molecule has 7 nitrogen and oxygen atoms in total. The van der Waals surface area contributed by atoms with Crippen molar-refractivity contribution in [2.24, 2.45) is 5.10 Å². The zero-order chi connectivity index (χ0) is 30.2. The van der Waals surface area contributed by atoms with Crippen LogP contribution >= 0.6 is 22.6 Å². The van der Waals surface area contributed by atoms with Crippen LogP contribution in [-0.4, -0.2) is 23.3 Å². The van der Waals surface area contributed by atoms with Gasteiger partial charge in [-0.3, -0.25) is 4.79 Å². The fourth-order valence-corrected chi connectivity index (χ4v) is 5.46. The molecule has 0 bridgehead atoms. The number of nitriles is 1.